The first kappa shape index (κ1) is 17.2. The van der Waals surface area contributed by atoms with E-state index in [-0.39, 0.29) is 0 Å². The third kappa shape index (κ3) is 4.09. The Labute approximate surface area is 153 Å². The molecule has 0 aliphatic rings. The van der Waals surface area contributed by atoms with Crippen LogP contribution in [0.1, 0.15) is 19.4 Å². The third-order valence-corrected chi connectivity index (χ3v) is 4.36. The van der Waals surface area contributed by atoms with Crippen LogP contribution >= 0.6 is 11.6 Å². The first-order valence-electron chi connectivity index (χ1n) is 8.39. The number of hydrogen-bond acceptors (Lipinski definition) is 4. The molecule has 0 radical (unpaired) electrons. The average Bonchev–Trinajstić information content (AvgIpc) is 2.64. The molecule has 0 spiro atoms. The number of benzene rings is 2. The lowest BCUT2D eigenvalue weighted by Crippen LogP contribution is -2.21. The lowest BCUT2D eigenvalue weighted by atomic mass is 10.2. The molecule has 0 aliphatic heterocycles. The number of hydrazone groups is 1. The lowest BCUT2D eigenvalue weighted by molar-refractivity contribution is 0.866. The number of rotatable bonds is 6. The highest BCUT2D eigenvalue weighted by Crippen LogP contribution is 2.24. The number of pyridine rings is 1. The van der Waals surface area contributed by atoms with Crippen molar-refractivity contribution in [2.75, 3.05) is 23.4 Å². The van der Waals surface area contributed by atoms with Crippen molar-refractivity contribution >= 4 is 40.1 Å². The molecule has 0 amide bonds. The highest BCUT2D eigenvalue weighted by Gasteiger charge is 2.02. The lowest BCUT2D eigenvalue weighted by Gasteiger charge is -2.20. The van der Waals surface area contributed by atoms with E-state index in [1.807, 2.05) is 30.5 Å². The molecule has 0 unspecified atom stereocenters. The largest absolute Gasteiger partial charge is 0.372 e. The van der Waals surface area contributed by atoms with Crippen molar-refractivity contribution in [3.63, 3.8) is 0 Å². The maximum atomic E-state index is 6.02. The molecule has 3 aromatic rings. The summed E-state index contributed by atoms with van der Waals surface area (Å²) in [5.74, 6) is 0. The highest BCUT2D eigenvalue weighted by atomic mass is 35.5. The zero-order valence-corrected chi connectivity index (χ0v) is 15.2. The quantitative estimate of drug-likeness (QED) is 0.491. The van der Waals surface area contributed by atoms with Gasteiger partial charge in [-0.25, -0.2) is 0 Å². The molecule has 5 heteroatoms. The van der Waals surface area contributed by atoms with Gasteiger partial charge in [0, 0.05) is 35.4 Å². The summed E-state index contributed by atoms with van der Waals surface area (Å²) in [6.45, 7) is 6.33. The Morgan fingerprint density at radius 1 is 1.08 bits per heavy atom. The predicted octanol–water partition coefficient (Wildman–Crippen LogP) is 5.18. The van der Waals surface area contributed by atoms with Crippen LogP contribution in [-0.2, 0) is 0 Å². The molecular weight excluding hydrogens is 332 g/mol. The molecule has 0 saturated heterocycles. The fourth-order valence-electron chi connectivity index (χ4n) is 2.76. The van der Waals surface area contributed by atoms with Crippen LogP contribution in [0.5, 0.6) is 0 Å². The summed E-state index contributed by atoms with van der Waals surface area (Å²) in [5, 5.41) is 6.01. The fraction of sp³-hybridized carbons (Fsp3) is 0.200. The average molecular weight is 353 g/mol. The number of halogens is 1. The molecule has 25 heavy (non-hydrogen) atoms. The number of anilines is 2. The summed E-state index contributed by atoms with van der Waals surface area (Å²) >= 11 is 6.02. The van der Waals surface area contributed by atoms with E-state index in [1.165, 1.54) is 5.69 Å². The summed E-state index contributed by atoms with van der Waals surface area (Å²) < 4.78 is 0. The smallest absolute Gasteiger partial charge is 0.0738 e. The summed E-state index contributed by atoms with van der Waals surface area (Å²) in [6, 6.07) is 15.9. The maximum absolute atomic E-state index is 6.02. The molecular formula is C20H21ClN4. The van der Waals surface area contributed by atoms with E-state index >= 15 is 0 Å². The van der Waals surface area contributed by atoms with Crippen molar-refractivity contribution in [2.45, 2.75) is 13.8 Å². The SMILES string of the molecule is CCN(CC)c1ccc(C=NNc2ccnc3cc(Cl)ccc23)cc1. The zero-order chi connectivity index (χ0) is 17.6. The molecule has 128 valence electrons. The van der Waals surface area contributed by atoms with Crippen LogP contribution in [-0.4, -0.2) is 24.3 Å². The third-order valence-electron chi connectivity index (χ3n) is 4.13. The van der Waals surface area contributed by atoms with E-state index in [9.17, 15) is 0 Å². The van der Waals surface area contributed by atoms with Gasteiger partial charge in [-0.2, -0.15) is 5.10 Å². The Hall–Kier alpha value is -2.59. The van der Waals surface area contributed by atoms with Crippen LogP contribution in [0.4, 0.5) is 11.4 Å². The van der Waals surface area contributed by atoms with Gasteiger partial charge in [0.15, 0.2) is 0 Å². The molecule has 0 saturated carbocycles. The molecule has 1 N–H and O–H groups in total. The van der Waals surface area contributed by atoms with E-state index in [4.69, 9.17) is 11.6 Å². The van der Waals surface area contributed by atoms with Gasteiger partial charge in [0.05, 0.1) is 17.4 Å². The van der Waals surface area contributed by atoms with Gasteiger partial charge in [0.1, 0.15) is 0 Å². The van der Waals surface area contributed by atoms with Gasteiger partial charge in [-0.15, -0.1) is 0 Å². The van der Waals surface area contributed by atoms with Crippen LogP contribution in [0, 0.1) is 0 Å². The van der Waals surface area contributed by atoms with Crippen LogP contribution < -0.4 is 10.3 Å². The number of fused-ring (bicyclic) bond motifs is 1. The topological polar surface area (TPSA) is 40.5 Å². The van der Waals surface area contributed by atoms with Crippen molar-refractivity contribution in [2.24, 2.45) is 5.10 Å². The van der Waals surface area contributed by atoms with Gasteiger partial charge < -0.3 is 4.90 Å². The van der Waals surface area contributed by atoms with Crippen molar-refractivity contribution in [3.8, 4) is 0 Å². The number of aromatic nitrogens is 1. The van der Waals surface area contributed by atoms with E-state index in [0.29, 0.717) is 5.02 Å². The van der Waals surface area contributed by atoms with E-state index in [1.54, 1.807) is 6.20 Å². The van der Waals surface area contributed by atoms with Crippen LogP contribution in [0.3, 0.4) is 0 Å². The molecule has 0 atom stereocenters. The van der Waals surface area contributed by atoms with Gasteiger partial charge >= 0.3 is 0 Å². The van der Waals surface area contributed by atoms with E-state index < -0.39 is 0 Å². The van der Waals surface area contributed by atoms with E-state index in [2.05, 4.69) is 58.5 Å². The van der Waals surface area contributed by atoms with Crippen molar-refractivity contribution in [1.82, 2.24) is 4.98 Å². The minimum absolute atomic E-state index is 0.675. The Bertz CT molecular complexity index is 871. The Balaban J connectivity index is 1.73. The monoisotopic (exact) mass is 352 g/mol. The molecule has 3 rings (SSSR count). The Morgan fingerprint density at radius 2 is 1.84 bits per heavy atom. The van der Waals surface area contributed by atoms with Crippen molar-refractivity contribution in [3.05, 3.63) is 65.3 Å². The van der Waals surface area contributed by atoms with Gasteiger partial charge in [0.2, 0.25) is 0 Å². The Morgan fingerprint density at radius 3 is 2.56 bits per heavy atom. The van der Waals surface area contributed by atoms with Crippen LogP contribution in [0.2, 0.25) is 5.02 Å². The Kier molecular flexibility index (Phi) is 5.51. The summed E-state index contributed by atoms with van der Waals surface area (Å²) in [6.07, 6.45) is 3.56. The minimum atomic E-state index is 0.675. The van der Waals surface area contributed by atoms with Gasteiger partial charge in [-0.3, -0.25) is 10.4 Å². The van der Waals surface area contributed by atoms with Crippen molar-refractivity contribution in [1.29, 1.82) is 0 Å². The standard InChI is InChI=1S/C20H21ClN4/c1-3-25(4-2)17-8-5-15(6-9-17)14-23-24-19-11-12-22-20-13-16(21)7-10-18(19)20/h5-14H,3-4H2,1-2H3,(H,22,24). The first-order valence-corrected chi connectivity index (χ1v) is 8.77. The summed E-state index contributed by atoms with van der Waals surface area (Å²) in [5.41, 5.74) is 7.11. The molecule has 0 aliphatic carbocycles. The molecule has 0 bridgehead atoms. The number of nitrogens with zero attached hydrogens (tertiary/aromatic N) is 3. The zero-order valence-electron chi connectivity index (χ0n) is 14.4. The van der Waals surface area contributed by atoms with Crippen LogP contribution in [0.25, 0.3) is 10.9 Å². The molecule has 0 fully saturated rings. The molecule has 1 heterocycles. The van der Waals surface area contributed by atoms with Gasteiger partial charge in [0.25, 0.3) is 0 Å². The minimum Gasteiger partial charge on any atom is -0.372 e. The molecule has 1 aromatic heterocycles. The number of hydrogen-bond donors (Lipinski definition) is 1. The van der Waals surface area contributed by atoms with E-state index in [0.717, 1.165) is 35.2 Å². The van der Waals surface area contributed by atoms with Crippen molar-refractivity contribution < 1.29 is 0 Å². The van der Waals surface area contributed by atoms with Crippen LogP contribution in [0.15, 0.2) is 59.8 Å². The molecule has 4 nitrogen and oxygen atoms in total. The van der Waals surface area contributed by atoms with Gasteiger partial charge in [-0.1, -0.05) is 23.7 Å². The molecule has 2 aromatic carbocycles. The summed E-state index contributed by atoms with van der Waals surface area (Å²) in [4.78, 5) is 6.64. The second-order valence-electron chi connectivity index (χ2n) is 5.65. The highest BCUT2D eigenvalue weighted by molar-refractivity contribution is 6.31. The normalized spacial score (nSPS) is 11.2. The summed E-state index contributed by atoms with van der Waals surface area (Å²) in [7, 11) is 0. The second-order valence-corrected chi connectivity index (χ2v) is 6.09. The fourth-order valence-corrected chi connectivity index (χ4v) is 2.92. The first-order chi connectivity index (χ1) is 12.2. The van der Waals surface area contributed by atoms with Gasteiger partial charge in [-0.05, 0) is 55.8 Å². The number of nitrogens with one attached hydrogen (secondary N) is 1. The predicted molar refractivity (Wildman–Crippen MR) is 108 cm³/mol. The maximum Gasteiger partial charge on any atom is 0.0738 e. The second kappa shape index (κ2) is 7.99.